The van der Waals surface area contributed by atoms with Crippen molar-refractivity contribution in [2.24, 2.45) is 0 Å². The fourth-order valence-corrected chi connectivity index (χ4v) is 5.53. The minimum absolute atomic E-state index is 0.00741. The molecule has 3 aliphatic rings. The maximum Gasteiger partial charge on any atom is 0.387 e. The highest BCUT2D eigenvalue weighted by atomic mass is 19.3. The molecule has 1 aliphatic carbocycles. The Bertz CT molecular complexity index is 1350. The van der Waals surface area contributed by atoms with Gasteiger partial charge in [-0.3, -0.25) is 9.69 Å². The Kier molecular flexibility index (Phi) is 7.80. The maximum absolute atomic E-state index is 13.6. The average Bonchev–Trinajstić information content (AvgIpc) is 3.27. The molecule has 1 N–H and O–H groups in total. The highest BCUT2D eigenvalue weighted by Crippen LogP contribution is 2.41. The van der Waals surface area contributed by atoms with Crippen molar-refractivity contribution in [2.45, 2.75) is 50.9 Å². The molecule has 0 spiro atoms. The van der Waals surface area contributed by atoms with Crippen molar-refractivity contribution in [3.8, 4) is 28.4 Å². The minimum atomic E-state index is -3.10. The average molecular weight is 556 g/mol. The van der Waals surface area contributed by atoms with Crippen LogP contribution in [-0.4, -0.2) is 80.8 Å². The largest absolute Gasteiger partial charge is 0.492 e. The number of amides is 1. The summed E-state index contributed by atoms with van der Waals surface area (Å²) >= 11 is 0. The van der Waals surface area contributed by atoms with E-state index in [1.165, 1.54) is 18.9 Å². The van der Waals surface area contributed by atoms with Crippen LogP contribution < -0.4 is 19.5 Å². The number of nitrogens with one attached hydrogen (secondary N) is 1. The molecule has 214 valence electrons. The topological polar surface area (TPSA) is 76.4 Å². The van der Waals surface area contributed by atoms with E-state index in [4.69, 9.17) is 18.6 Å². The lowest BCUT2D eigenvalue weighted by atomic mass is 10.0. The van der Waals surface area contributed by atoms with Crippen LogP contribution in [0.5, 0.6) is 17.2 Å². The van der Waals surface area contributed by atoms with Crippen molar-refractivity contribution in [3.05, 3.63) is 42.2 Å². The van der Waals surface area contributed by atoms with E-state index in [2.05, 4.69) is 15.1 Å². The number of carbonyl (C=O) groups is 1. The predicted octanol–water partition coefficient (Wildman–Crippen LogP) is 5.15. The van der Waals surface area contributed by atoms with Gasteiger partial charge in [0.2, 0.25) is 0 Å². The van der Waals surface area contributed by atoms with Crippen LogP contribution in [-0.2, 0) is 0 Å². The summed E-state index contributed by atoms with van der Waals surface area (Å²) in [6.07, 6.45) is 6.38. The molecule has 1 amide bonds. The summed E-state index contributed by atoms with van der Waals surface area (Å²) in [7, 11) is 1.99. The van der Waals surface area contributed by atoms with Gasteiger partial charge in [-0.25, -0.2) is 0 Å². The van der Waals surface area contributed by atoms with Crippen molar-refractivity contribution in [1.82, 2.24) is 15.1 Å². The second-order valence-corrected chi connectivity index (χ2v) is 11.0. The summed E-state index contributed by atoms with van der Waals surface area (Å²) in [5.74, 6) is 0.237. The second kappa shape index (κ2) is 11.6. The van der Waals surface area contributed by atoms with Crippen molar-refractivity contribution >= 4 is 16.9 Å². The van der Waals surface area contributed by atoms with Gasteiger partial charge in [-0.15, -0.1) is 0 Å². The summed E-state index contributed by atoms with van der Waals surface area (Å²) in [5, 5.41) is 3.68. The number of alkyl halides is 2. The van der Waals surface area contributed by atoms with E-state index < -0.39 is 12.5 Å². The number of carbonyl (C=O) groups excluding carboxylic acids is 1. The molecule has 1 saturated carbocycles. The van der Waals surface area contributed by atoms with Crippen molar-refractivity contribution in [2.75, 3.05) is 46.4 Å². The monoisotopic (exact) mass is 555 g/mol. The van der Waals surface area contributed by atoms with Crippen molar-refractivity contribution in [1.29, 1.82) is 0 Å². The Morgan fingerprint density at radius 3 is 2.62 bits per heavy atom. The van der Waals surface area contributed by atoms with Crippen molar-refractivity contribution in [3.63, 3.8) is 0 Å². The zero-order chi connectivity index (χ0) is 27.6. The lowest BCUT2D eigenvalue weighted by Gasteiger charge is -2.20. The normalized spacial score (nSPS) is 19.9. The van der Waals surface area contributed by atoms with Gasteiger partial charge in [-0.1, -0.05) is 0 Å². The highest BCUT2D eigenvalue weighted by Gasteiger charge is 2.31. The van der Waals surface area contributed by atoms with Crippen LogP contribution >= 0.6 is 0 Å². The Hall–Kier alpha value is -3.37. The van der Waals surface area contributed by atoms with Crippen LogP contribution in [0, 0.1) is 0 Å². The van der Waals surface area contributed by atoms with Crippen LogP contribution in [0.4, 0.5) is 8.78 Å². The number of likely N-dealkylation sites (tertiary alicyclic amines) is 2. The Labute approximate surface area is 232 Å². The van der Waals surface area contributed by atoms with Gasteiger partial charge in [-0.05, 0) is 82.1 Å². The van der Waals surface area contributed by atoms with Crippen LogP contribution in [0.3, 0.4) is 0 Å². The van der Waals surface area contributed by atoms with E-state index in [0.717, 1.165) is 50.8 Å². The van der Waals surface area contributed by atoms with Crippen LogP contribution in [0.15, 0.2) is 41.0 Å². The van der Waals surface area contributed by atoms with Crippen molar-refractivity contribution < 1.29 is 32.2 Å². The zero-order valence-corrected chi connectivity index (χ0v) is 22.7. The molecule has 3 fully saturated rings. The number of furan rings is 1. The third-order valence-electron chi connectivity index (χ3n) is 7.80. The molecule has 2 aliphatic heterocycles. The van der Waals surface area contributed by atoms with Gasteiger partial charge in [0.25, 0.3) is 5.91 Å². The van der Waals surface area contributed by atoms with Gasteiger partial charge in [-0.2, -0.15) is 8.78 Å². The van der Waals surface area contributed by atoms with E-state index in [1.807, 2.05) is 25.2 Å². The smallest absolute Gasteiger partial charge is 0.387 e. The number of hydrogen-bond donors (Lipinski definition) is 1. The third kappa shape index (κ3) is 6.18. The molecule has 3 aromatic rings. The zero-order valence-electron chi connectivity index (χ0n) is 22.7. The Morgan fingerprint density at radius 1 is 1.10 bits per heavy atom. The SMILES string of the molecule is CN1CC[C@@H](Oc2cc(-c3coc4cc(OCCN5CCCC5)ccc34)cc(OC(F)F)c2C(=O)NC2CC2)C1. The number of hydrogen-bond acceptors (Lipinski definition) is 7. The van der Waals surface area contributed by atoms with Gasteiger partial charge >= 0.3 is 6.61 Å². The lowest BCUT2D eigenvalue weighted by Crippen LogP contribution is -2.28. The summed E-state index contributed by atoms with van der Waals surface area (Å²) in [6.45, 7) is 2.13. The number of benzene rings is 2. The number of fused-ring (bicyclic) bond motifs is 1. The first-order valence-corrected chi connectivity index (χ1v) is 14.1. The van der Waals surface area contributed by atoms with Gasteiger partial charge in [0, 0.05) is 42.7 Å². The first-order chi connectivity index (χ1) is 19.4. The fraction of sp³-hybridized carbons (Fsp3) is 0.500. The van der Waals surface area contributed by atoms with E-state index in [1.54, 1.807) is 12.3 Å². The van der Waals surface area contributed by atoms with Crippen LogP contribution in [0.2, 0.25) is 0 Å². The first kappa shape index (κ1) is 26.8. The van der Waals surface area contributed by atoms with Gasteiger partial charge in [0.15, 0.2) is 0 Å². The number of likely N-dealkylation sites (N-methyl/N-ethyl adjacent to an activating group) is 1. The molecule has 0 unspecified atom stereocenters. The minimum Gasteiger partial charge on any atom is -0.492 e. The summed E-state index contributed by atoms with van der Waals surface area (Å²) in [6, 6.07) is 8.85. The highest BCUT2D eigenvalue weighted by molar-refractivity contribution is 6.02. The van der Waals surface area contributed by atoms with E-state index >= 15 is 0 Å². The fourth-order valence-electron chi connectivity index (χ4n) is 5.53. The second-order valence-electron chi connectivity index (χ2n) is 11.0. The predicted molar refractivity (Wildman–Crippen MR) is 146 cm³/mol. The molecule has 10 heteroatoms. The standard InChI is InChI=1S/C30H35F2N3O5/c1-34-11-8-22(17-34)39-26-14-19(15-27(40-30(31)32)28(26)29(36)33-20-4-5-20)24-18-38-25-16-21(6-7-23(24)25)37-13-12-35-9-2-3-10-35/h6-7,14-16,18,20,22,30H,2-5,8-13,17H2,1H3,(H,33,36)/t22-/m1/s1. The number of rotatable bonds is 11. The Balaban J connectivity index is 1.31. The molecule has 3 heterocycles. The van der Waals surface area contributed by atoms with E-state index in [-0.39, 0.29) is 29.2 Å². The molecule has 1 atom stereocenters. The number of halogens is 2. The quantitative estimate of drug-likeness (QED) is 0.351. The van der Waals surface area contributed by atoms with Gasteiger partial charge in [0.05, 0.1) is 6.26 Å². The summed E-state index contributed by atoms with van der Waals surface area (Å²) in [5.41, 5.74) is 1.84. The molecular weight excluding hydrogens is 520 g/mol. The Morgan fingerprint density at radius 2 is 1.90 bits per heavy atom. The van der Waals surface area contributed by atoms with Crippen LogP contribution in [0.25, 0.3) is 22.1 Å². The van der Waals surface area contributed by atoms with E-state index in [0.29, 0.717) is 35.6 Å². The van der Waals surface area contributed by atoms with Gasteiger partial charge < -0.3 is 28.8 Å². The number of ether oxygens (including phenoxy) is 3. The van der Waals surface area contributed by atoms with Gasteiger partial charge in [0.1, 0.15) is 41.1 Å². The summed E-state index contributed by atoms with van der Waals surface area (Å²) < 4.78 is 50.2. The molecule has 0 bridgehead atoms. The lowest BCUT2D eigenvalue weighted by molar-refractivity contribution is -0.0502. The molecule has 2 saturated heterocycles. The molecule has 6 rings (SSSR count). The molecule has 1 aromatic heterocycles. The third-order valence-corrected chi connectivity index (χ3v) is 7.80. The maximum atomic E-state index is 13.6. The molecule has 8 nitrogen and oxygen atoms in total. The molecule has 2 aromatic carbocycles. The number of nitrogens with zero attached hydrogens (tertiary/aromatic N) is 2. The molecule has 0 radical (unpaired) electrons. The van der Waals surface area contributed by atoms with E-state index in [9.17, 15) is 13.6 Å². The first-order valence-electron chi connectivity index (χ1n) is 14.1. The molecule has 40 heavy (non-hydrogen) atoms. The summed E-state index contributed by atoms with van der Waals surface area (Å²) in [4.78, 5) is 17.7. The van der Waals surface area contributed by atoms with Crippen LogP contribution in [0.1, 0.15) is 42.5 Å². The molecular formula is C30H35F2N3O5.